The van der Waals surface area contributed by atoms with E-state index in [9.17, 15) is 13.2 Å². The molecule has 0 aliphatic heterocycles. The number of alkyl halides is 3. The Balaban J connectivity index is 0.00000264. The minimum absolute atomic E-state index is 0. The number of benzene rings is 1. The molecule has 0 spiro atoms. The molecule has 1 fully saturated rings. The van der Waals surface area contributed by atoms with E-state index in [4.69, 9.17) is 22.1 Å². The van der Waals surface area contributed by atoms with Crippen molar-refractivity contribution in [1.29, 1.82) is 0 Å². The van der Waals surface area contributed by atoms with Gasteiger partial charge in [-0.15, -0.1) is 24.0 Å². The van der Waals surface area contributed by atoms with Gasteiger partial charge >= 0.3 is 6.18 Å². The van der Waals surface area contributed by atoms with Crippen molar-refractivity contribution in [1.82, 2.24) is 0 Å². The summed E-state index contributed by atoms with van der Waals surface area (Å²) in [5.41, 5.74) is 4.46. The van der Waals surface area contributed by atoms with E-state index in [0.29, 0.717) is 22.9 Å². The Morgan fingerprint density at radius 2 is 2.09 bits per heavy atom. The van der Waals surface area contributed by atoms with Gasteiger partial charge in [0.2, 0.25) is 0 Å². The van der Waals surface area contributed by atoms with Crippen LogP contribution in [-0.2, 0) is 0 Å². The summed E-state index contributed by atoms with van der Waals surface area (Å²) in [5, 5.41) is 3.09. The van der Waals surface area contributed by atoms with E-state index in [1.807, 2.05) is 0 Å². The summed E-state index contributed by atoms with van der Waals surface area (Å²) in [6, 6.07) is 4.84. The van der Waals surface area contributed by atoms with Crippen LogP contribution < -0.4 is 15.8 Å². The number of methoxy groups -OCH3 is 1. The molecule has 3 N–H and O–H groups in total. The highest BCUT2D eigenvalue weighted by Gasteiger charge is 2.58. The second-order valence-corrected chi connectivity index (χ2v) is 5.71. The van der Waals surface area contributed by atoms with Crippen molar-refractivity contribution in [3.63, 3.8) is 0 Å². The first-order valence-corrected chi connectivity index (χ1v) is 7.12. The second kappa shape index (κ2) is 7.78. The molecule has 2 rings (SSSR count). The molecule has 0 aromatic heterocycles. The molecule has 0 amide bonds. The molecule has 0 bridgehead atoms. The molecule has 0 unspecified atom stereocenters. The molecular weight excluding hydrogens is 446 g/mol. The molecule has 4 nitrogen and oxygen atoms in total. The number of hydrogen-bond acceptors (Lipinski definition) is 2. The summed E-state index contributed by atoms with van der Waals surface area (Å²) in [6.45, 7) is -0.362. The van der Waals surface area contributed by atoms with E-state index in [2.05, 4.69) is 10.3 Å². The number of nitrogens with zero attached hydrogens (tertiary/aromatic N) is 1. The number of nitrogens with two attached hydrogens (primary N) is 1. The Morgan fingerprint density at radius 3 is 2.52 bits per heavy atom. The number of anilines is 1. The number of rotatable bonds is 4. The van der Waals surface area contributed by atoms with Crippen molar-refractivity contribution in [2.75, 3.05) is 19.0 Å². The highest BCUT2D eigenvalue weighted by Crippen LogP contribution is 2.53. The zero-order valence-corrected chi connectivity index (χ0v) is 15.5. The van der Waals surface area contributed by atoms with Crippen molar-refractivity contribution >= 4 is 47.2 Å². The van der Waals surface area contributed by atoms with Gasteiger partial charge in [-0.05, 0) is 31.0 Å². The summed E-state index contributed by atoms with van der Waals surface area (Å²) < 4.78 is 44.0. The maximum absolute atomic E-state index is 13.0. The van der Waals surface area contributed by atoms with E-state index in [-0.39, 0.29) is 49.3 Å². The van der Waals surface area contributed by atoms with Crippen LogP contribution in [0.25, 0.3) is 0 Å². The number of nitrogens with one attached hydrogen (secondary N) is 1. The van der Waals surface area contributed by atoms with E-state index >= 15 is 0 Å². The van der Waals surface area contributed by atoms with E-state index in [1.165, 1.54) is 7.11 Å². The monoisotopic (exact) mass is 463 g/mol. The predicted molar refractivity (Wildman–Crippen MR) is 95.9 cm³/mol. The van der Waals surface area contributed by atoms with Gasteiger partial charge in [-0.3, -0.25) is 4.99 Å². The Hall–Kier alpha value is -0.900. The minimum Gasteiger partial charge on any atom is -0.495 e. The average molecular weight is 464 g/mol. The Morgan fingerprint density at radius 1 is 1.43 bits per heavy atom. The molecule has 0 radical (unpaired) electrons. The molecule has 0 saturated heterocycles. The standard InChI is InChI=1S/C14H17ClF3N3O.HI/c1-22-11-4-3-9(7-10(11)15)21-12(19)20-8-13(5-2-6-13)14(16,17)18;/h3-4,7H,2,5-6,8H2,1H3,(H3,19,20,21);1H. The summed E-state index contributed by atoms with van der Waals surface area (Å²) in [4.78, 5) is 3.84. The van der Waals surface area contributed by atoms with Crippen LogP contribution in [0.1, 0.15) is 19.3 Å². The molecule has 23 heavy (non-hydrogen) atoms. The number of guanidine groups is 1. The molecule has 1 aromatic carbocycles. The van der Waals surface area contributed by atoms with Gasteiger partial charge in [-0.25, -0.2) is 0 Å². The lowest BCUT2D eigenvalue weighted by Gasteiger charge is -2.41. The van der Waals surface area contributed by atoms with Gasteiger partial charge in [0.25, 0.3) is 0 Å². The highest BCUT2D eigenvalue weighted by molar-refractivity contribution is 14.0. The van der Waals surface area contributed by atoms with Crippen LogP contribution in [0.2, 0.25) is 5.02 Å². The average Bonchev–Trinajstić information content (AvgIpc) is 2.35. The topological polar surface area (TPSA) is 59.6 Å². The zero-order chi connectivity index (χ0) is 16.4. The van der Waals surface area contributed by atoms with Gasteiger partial charge in [-0.2, -0.15) is 13.2 Å². The zero-order valence-electron chi connectivity index (χ0n) is 12.4. The van der Waals surface area contributed by atoms with Gasteiger partial charge in [-0.1, -0.05) is 18.0 Å². The van der Waals surface area contributed by atoms with Crippen molar-refractivity contribution in [3.8, 4) is 5.75 Å². The van der Waals surface area contributed by atoms with Gasteiger partial charge in [0, 0.05) is 5.69 Å². The third-order valence-electron chi connectivity index (χ3n) is 3.89. The molecule has 0 heterocycles. The van der Waals surface area contributed by atoms with E-state index in [0.717, 1.165) is 0 Å². The maximum atomic E-state index is 13.0. The number of aliphatic imine (C=N–C) groups is 1. The first-order valence-electron chi connectivity index (χ1n) is 6.75. The maximum Gasteiger partial charge on any atom is 0.396 e. The fraction of sp³-hybridized carbons (Fsp3) is 0.500. The molecule has 9 heteroatoms. The first-order chi connectivity index (χ1) is 10.3. The van der Waals surface area contributed by atoms with Gasteiger partial charge < -0.3 is 15.8 Å². The minimum atomic E-state index is -4.25. The van der Waals surface area contributed by atoms with Crippen LogP contribution in [0.4, 0.5) is 18.9 Å². The predicted octanol–water partition coefficient (Wildman–Crippen LogP) is 4.43. The highest BCUT2D eigenvalue weighted by atomic mass is 127. The number of ether oxygens (including phenoxy) is 1. The lowest BCUT2D eigenvalue weighted by molar-refractivity contribution is -0.245. The Kier molecular flexibility index (Phi) is 6.81. The third kappa shape index (κ3) is 4.56. The smallest absolute Gasteiger partial charge is 0.396 e. The molecule has 130 valence electrons. The van der Waals surface area contributed by atoms with Crippen LogP contribution in [0.5, 0.6) is 5.75 Å². The van der Waals surface area contributed by atoms with Gasteiger partial charge in [0.15, 0.2) is 5.96 Å². The van der Waals surface area contributed by atoms with E-state index < -0.39 is 11.6 Å². The quantitative estimate of drug-likeness (QED) is 0.395. The molecule has 1 saturated carbocycles. The van der Waals surface area contributed by atoms with Crippen molar-refractivity contribution in [2.24, 2.45) is 16.1 Å². The Bertz CT molecular complexity index is 577. The normalized spacial score (nSPS) is 17.0. The molecule has 1 aliphatic carbocycles. The summed E-state index contributed by atoms with van der Waals surface area (Å²) in [6.07, 6.45) is -3.49. The summed E-state index contributed by atoms with van der Waals surface area (Å²) >= 11 is 5.96. The van der Waals surface area contributed by atoms with Crippen LogP contribution in [-0.4, -0.2) is 25.8 Å². The lowest BCUT2D eigenvalue weighted by Crippen LogP contribution is -2.46. The molecule has 0 atom stereocenters. The van der Waals surface area contributed by atoms with E-state index in [1.54, 1.807) is 18.2 Å². The molecule has 1 aliphatic rings. The Labute approximate surface area is 154 Å². The third-order valence-corrected chi connectivity index (χ3v) is 4.18. The number of halogens is 5. The summed E-state index contributed by atoms with van der Waals surface area (Å²) in [7, 11) is 1.49. The fourth-order valence-electron chi connectivity index (χ4n) is 2.30. The van der Waals surface area contributed by atoms with Crippen LogP contribution >= 0.6 is 35.6 Å². The van der Waals surface area contributed by atoms with Crippen LogP contribution in [0, 0.1) is 5.41 Å². The largest absolute Gasteiger partial charge is 0.495 e. The van der Waals surface area contributed by atoms with Crippen molar-refractivity contribution in [3.05, 3.63) is 23.2 Å². The molecular formula is C14H18ClF3IN3O. The molecule has 1 aromatic rings. The van der Waals surface area contributed by atoms with Crippen LogP contribution in [0.15, 0.2) is 23.2 Å². The van der Waals surface area contributed by atoms with Gasteiger partial charge in [0.05, 0.1) is 24.1 Å². The summed E-state index contributed by atoms with van der Waals surface area (Å²) in [5.74, 6) is 0.421. The van der Waals surface area contributed by atoms with Crippen LogP contribution in [0.3, 0.4) is 0 Å². The fourth-order valence-corrected chi connectivity index (χ4v) is 2.56. The van der Waals surface area contributed by atoms with Gasteiger partial charge in [0.1, 0.15) is 5.75 Å². The first kappa shape index (κ1) is 20.1. The number of hydrogen-bond donors (Lipinski definition) is 2. The lowest BCUT2D eigenvalue weighted by atomic mass is 9.68. The van der Waals surface area contributed by atoms with Crippen molar-refractivity contribution in [2.45, 2.75) is 25.4 Å². The van der Waals surface area contributed by atoms with Crippen molar-refractivity contribution < 1.29 is 17.9 Å². The second-order valence-electron chi connectivity index (χ2n) is 5.31. The SMILES string of the molecule is COc1ccc(NC(N)=NCC2(C(F)(F)F)CCC2)cc1Cl.I.